The molecule has 1 fully saturated rings. The van der Waals surface area contributed by atoms with E-state index in [2.05, 4.69) is 19.2 Å². The van der Waals surface area contributed by atoms with Crippen molar-refractivity contribution in [2.24, 2.45) is 5.92 Å². The molecular formula is C13H27ClN2O3. The molecule has 5 nitrogen and oxygen atoms in total. The number of carbonyl (C=O) groups is 1. The molecule has 0 radical (unpaired) electrons. The zero-order chi connectivity index (χ0) is 13.4. The van der Waals surface area contributed by atoms with Crippen LogP contribution in [0.4, 0.5) is 0 Å². The molecule has 0 spiro atoms. The van der Waals surface area contributed by atoms with Gasteiger partial charge in [-0.05, 0) is 5.92 Å². The third-order valence-electron chi connectivity index (χ3n) is 2.91. The van der Waals surface area contributed by atoms with E-state index in [0.717, 1.165) is 19.6 Å². The molecule has 1 rings (SSSR count). The number of ether oxygens (including phenoxy) is 2. The summed E-state index contributed by atoms with van der Waals surface area (Å²) >= 11 is 0. The van der Waals surface area contributed by atoms with Gasteiger partial charge in [0.15, 0.2) is 0 Å². The number of nitrogens with zero attached hydrogens (tertiary/aromatic N) is 1. The molecule has 0 saturated carbocycles. The molecule has 0 aromatic rings. The minimum atomic E-state index is 0. The molecule has 1 N–H and O–H groups in total. The molecular weight excluding hydrogens is 268 g/mol. The van der Waals surface area contributed by atoms with E-state index < -0.39 is 0 Å². The fourth-order valence-corrected chi connectivity index (χ4v) is 2.03. The maximum atomic E-state index is 12.2. The summed E-state index contributed by atoms with van der Waals surface area (Å²) in [6.45, 7) is 8.60. The number of methoxy groups -OCH3 is 1. The lowest BCUT2D eigenvalue weighted by molar-refractivity contribution is -0.135. The van der Waals surface area contributed by atoms with Gasteiger partial charge in [0, 0.05) is 33.3 Å². The Labute approximate surface area is 122 Å². The minimum Gasteiger partial charge on any atom is -0.383 e. The normalized spacial score (nSPS) is 19.1. The zero-order valence-corrected chi connectivity index (χ0v) is 13.0. The highest BCUT2D eigenvalue weighted by Gasteiger charge is 2.21. The maximum Gasteiger partial charge on any atom is 0.225 e. The monoisotopic (exact) mass is 294 g/mol. The van der Waals surface area contributed by atoms with Gasteiger partial charge < -0.3 is 19.7 Å². The lowest BCUT2D eigenvalue weighted by atomic mass is 10.1. The van der Waals surface area contributed by atoms with E-state index in [9.17, 15) is 4.79 Å². The van der Waals surface area contributed by atoms with Gasteiger partial charge in [-0.1, -0.05) is 13.8 Å². The molecule has 0 bridgehead atoms. The third kappa shape index (κ3) is 7.72. The average Bonchev–Trinajstić information content (AvgIpc) is 2.35. The van der Waals surface area contributed by atoms with E-state index >= 15 is 0 Å². The Morgan fingerprint density at radius 2 is 2.26 bits per heavy atom. The van der Waals surface area contributed by atoms with Crippen LogP contribution in [0.3, 0.4) is 0 Å². The number of hydrogen-bond acceptors (Lipinski definition) is 4. The van der Waals surface area contributed by atoms with E-state index in [-0.39, 0.29) is 24.4 Å². The Morgan fingerprint density at radius 3 is 2.79 bits per heavy atom. The first-order valence-electron chi connectivity index (χ1n) is 6.72. The van der Waals surface area contributed by atoms with Crippen molar-refractivity contribution in [1.29, 1.82) is 0 Å². The predicted octanol–water partition coefficient (Wildman–Crippen LogP) is 0.918. The molecule has 6 heteroatoms. The van der Waals surface area contributed by atoms with Crippen LogP contribution in [0, 0.1) is 5.92 Å². The van der Waals surface area contributed by atoms with Crippen molar-refractivity contribution in [2.45, 2.75) is 26.4 Å². The van der Waals surface area contributed by atoms with Crippen LogP contribution in [0.1, 0.15) is 20.3 Å². The first kappa shape index (κ1) is 18.6. The quantitative estimate of drug-likeness (QED) is 0.758. The number of amides is 1. The minimum absolute atomic E-state index is 0. The standard InChI is InChI=1S/C13H26N2O3.ClH/c1-11(2)10-15(5-7-17-3)13(16)8-12-9-14-4-6-18-12;/h11-12,14H,4-10H2,1-3H3;1H. The Balaban J connectivity index is 0.00000324. The van der Waals surface area contributed by atoms with Gasteiger partial charge in [-0.25, -0.2) is 0 Å². The maximum absolute atomic E-state index is 12.2. The average molecular weight is 295 g/mol. The number of nitrogens with one attached hydrogen (secondary N) is 1. The molecule has 1 aliphatic rings. The molecule has 1 atom stereocenters. The second-order valence-electron chi connectivity index (χ2n) is 5.13. The van der Waals surface area contributed by atoms with Gasteiger partial charge in [0.1, 0.15) is 0 Å². The summed E-state index contributed by atoms with van der Waals surface area (Å²) in [6, 6.07) is 0. The fraction of sp³-hybridized carbons (Fsp3) is 0.923. The Kier molecular flexibility index (Phi) is 10.2. The number of halogens is 1. The van der Waals surface area contributed by atoms with E-state index in [1.54, 1.807) is 7.11 Å². The third-order valence-corrected chi connectivity index (χ3v) is 2.91. The lowest BCUT2D eigenvalue weighted by Gasteiger charge is -2.28. The van der Waals surface area contributed by atoms with E-state index in [0.29, 0.717) is 32.1 Å². The highest BCUT2D eigenvalue weighted by atomic mass is 35.5. The Bertz CT molecular complexity index is 246. The van der Waals surface area contributed by atoms with Crippen molar-refractivity contribution < 1.29 is 14.3 Å². The highest BCUT2D eigenvalue weighted by Crippen LogP contribution is 2.07. The molecule has 1 aliphatic heterocycles. The van der Waals surface area contributed by atoms with Crippen molar-refractivity contribution in [1.82, 2.24) is 10.2 Å². The number of morpholine rings is 1. The van der Waals surface area contributed by atoms with Gasteiger partial charge in [-0.15, -0.1) is 12.4 Å². The van der Waals surface area contributed by atoms with Gasteiger partial charge in [-0.2, -0.15) is 0 Å². The molecule has 0 aromatic carbocycles. The largest absolute Gasteiger partial charge is 0.383 e. The summed E-state index contributed by atoms with van der Waals surface area (Å²) in [6.07, 6.45) is 0.479. The number of carbonyl (C=O) groups excluding carboxylic acids is 1. The summed E-state index contributed by atoms with van der Waals surface area (Å²) < 4.78 is 10.6. The summed E-state index contributed by atoms with van der Waals surface area (Å²) in [5, 5.41) is 3.24. The second-order valence-corrected chi connectivity index (χ2v) is 5.13. The van der Waals surface area contributed by atoms with Crippen LogP contribution in [0.2, 0.25) is 0 Å². The van der Waals surface area contributed by atoms with Crippen molar-refractivity contribution >= 4 is 18.3 Å². The molecule has 1 amide bonds. The molecule has 1 heterocycles. The lowest BCUT2D eigenvalue weighted by Crippen LogP contribution is -2.44. The topological polar surface area (TPSA) is 50.8 Å². The van der Waals surface area contributed by atoms with Crippen LogP contribution < -0.4 is 5.32 Å². The van der Waals surface area contributed by atoms with Crippen LogP contribution in [0.25, 0.3) is 0 Å². The van der Waals surface area contributed by atoms with Gasteiger partial charge >= 0.3 is 0 Å². The number of hydrogen-bond donors (Lipinski definition) is 1. The van der Waals surface area contributed by atoms with E-state index in [1.807, 2.05) is 4.90 Å². The van der Waals surface area contributed by atoms with Crippen molar-refractivity contribution in [3.63, 3.8) is 0 Å². The fourth-order valence-electron chi connectivity index (χ4n) is 2.03. The van der Waals surface area contributed by atoms with Gasteiger partial charge in [0.25, 0.3) is 0 Å². The van der Waals surface area contributed by atoms with Crippen LogP contribution in [0.5, 0.6) is 0 Å². The molecule has 0 aromatic heterocycles. The van der Waals surface area contributed by atoms with Crippen LogP contribution in [-0.4, -0.2) is 63.4 Å². The van der Waals surface area contributed by atoms with Crippen LogP contribution in [-0.2, 0) is 14.3 Å². The van der Waals surface area contributed by atoms with Crippen LogP contribution in [0.15, 0.2) is 0 Å². The molecule has 114 valence electrons. The smallest absolute Gasteiger partial charge is 0.225 e. The molecule has 1 unspecified atom stereocenters. The van der Waals surface area contributed by atoms with Gasteiger partial charge in [-0.3, -0.25) is 4.79 Å². The summed E-state index contributed by atoms with van der Waals surface area (Å²) in [5.41, 5.74) is 0. The van der Waals surface area contributed by atoms with Crippen LogP contribution >= 0.6 is 12.4 Å². The van der Waals surface area contributed by atoms with Gasteiger partial charge in [0.05, 0.1) is 25.7 Å². The van der Waals surface area contributed by atoms with Crippen molar-refractivity contribution in [3.05, 3.63) is 0 Å². The first-order valence-corrected chi connectivity index (χ1v) is 6.72. The molecule has 1 saturated heterocycles. The van der Waals surface area contributed by atoms with Crippen molar-refractivity contribution in [2.75, 3.05) is 46.5 Å². The first-order chi connectivity index (χ1) is 8.63. The number of rotatable bonds is 7. The molecule has 19 heavy (non-hydrogen) atoms. The van der Waals surface area contributed by atoms with E-state index in [4.69, 9.17) is 9.47 Å². The zero-order valence-electron chi connectivity index (χ0n) is 12.2. The summed E-state index contributed by atoms with van der Waals surface area (Å²) in [7, 11) is 1.66. The summed E-state index contributed by atoms with van der Waals surface area (Å²) in [4.78, 5) is 14.1. The Morgan fingerprint density at radius 1 is 1.53 bits per heavy atom. The SMILES string of the molecule is COCCN(CC(C)C)C(=O)CC1CNCCO1.Cl. The second kappa shape index (κ2) is 10.4. The summed E-state index contributed by atoms with van der Waals surface area (Å²) in [5.74, 6) is 0.630. The van der Waals surface area contributed by atoms with E-state index in [1.165, 1.54) is 0 Å². The highest BCUT2D eigenvalue weighted by molar-refractivity contribution is 5.85. The Hall–Kier alpha value is -0.360. The van der Waals surface area contributed by atoms with Gasteiger partial charge in [0.2, 0.25) is 5.91 Å². The predicted molar refractivity (Wildman–Crippen MR) is 77.8 cm³/mol. The molecule has 0 aliphatic carbocycles. The van der Waals surface area contributed by atoms with Crippen molar-refractivity contribution in [3.8, 4) is 0 Å².